The second kappa shape index (κ2) is 9.87. The third-order valence-electron chi connectivity index (χ3n) is 6.18. The zero-order valence-corrected chi connectivity index (χ0v) is 20.3. The van der Waals surface area contributed by atoms with Gasteiger partial charge in [-0.05, 0) is 45.6 Å². The van der Waals surface area contributed by atoms with Gasteiger partial charge in [0.2, 0.25) is 0 Å². The summed E-state index contributed by atoms with van der Waals surface area (Å²) in [5.41, 5.74) is 1.63. The summed E-state index contributed by atoms with van der Waals surface area (Å²) in [6.45, 7) is 4.55. The molecular formula is C26H30FN5O3. The van der Waals surface area contributed by atoms with E-state index in [1.54, 1.807) is 11.0 Å². The average Bonchev–Trinajstić information content (AvgIpc) is 3.32. The molecule has 4 rings (SSSR count). The molecule has 2 amide bonds. The zero-order valence-electron chi connectivity index (χ0n) is 20.3. The van der Waals surface area contributed by atoms with Gasteiger partial charge in [-0.15, -0.1) is 0 Å². The molecule has 1 aromatic heterocycles. The summed E-state index contributed by atoms with van der Waals surface area (Å²) in [7, 11) is 3.87. The topological polar surface area (TPSA) is 90.6 Å². The summed E-state index contributed by atoms with van der Waals surface area (Å²) in [6.07, 6.45) is -0.197. The van der Waals surface area contributed by atoms with Gasteiger partial charge in [0.15, 0.2) is 5.82 Å². The molecule has 1 aliphatic rings. The number of halogens is 1. The highest BCUT2D eigenvalue weighted by molar-refractivity contribution is 6.04. The summed E-state index contributed by atoms with van der Waals surface area (Å²) in [4.78, 5) is 29.5. The summed E-state index contributed by atoms with van der Waals surface area (Å²) in [5, 5.41) is 9.83. The average molecular weight is 480 g/mol. The van der Waals surface area contributed by atoms with Crippen molar-refractivity contribution >= 4 is 17.8 Å². The number of nitrogens with zero attached hydrogens (tertiary/aromatic N) is 3. The fourth-order valence-corrected chi connectivity index (χ4v) is 4.37. The summed E-state index contributed by atoms with van der Waals surface area (Å²) < 4.78 is 20.0. The van der Waals surface area contributed by atoms with Gasteiger partial charge in [0, 0.05) is 18.5 Å². The summed E-state index contributed by atoms with van der Waals surface area (Å²) >= 11 is 0. The Morgan fingerprint density at radius 2 is 1.86 bits per heavy atom. The number of hydrogen-bond donors (Lipinski definition) is 2. The molecule has 3 aromatic rings. The van der Waals surface area contributed by atoms with Crippen LogP contribution in [0.1, 0.15) is 41.0 Å². The Hall–Kier alpha value is -3.72. The van der Waals surface area contributed by atoms with Crippen LogP contribution >= 0.6 is 0 Å². The highest BCUT2D eigenvalue weighted by atomic mass is 19.1. The Morgan fingerprint density at radius 1 is 1.17 bits per heavy atom. The first kappa shape index (κ1) is 24.4. The van der Waals surface area contributed by atoms with Gasteiger partial charge in [-0.1, -0.05) is 42.5 Å². The number of anilines is 1. The highest BCUT2D eigenvalue weighted by Crippen LogP contribution is 2.41. The number of fused-ring (bicyclic) bond motifs is 1. The first-order valence-electron chi connectivity index (χ1n) is 11.5. The molecular weight excluding hydrogens is 449 g/mol. The molecule has 0 fully saturated rings. The lowest BCUT2D eigenvalue weighted by atomic mass is 10.0. The minimum atomic E-state index is -0.740. The van der Waals surface area contributed by atoms with Gasteiger partial charge in [0.05, 0.1) is 23.3 Å². The number of hydrogen-bond acceptors (Lipinski definition) is 5. The smallest absolute Gasteiger partial charge is 0.411 e. The predicted octanol–water partition coefficient (Wildman–Crippen LogP) is 4.16. The first-order chi connectivity index (χ1) is 16.7. The van der Waals surface area contributed by atoms with E-state index < -0.39 is 23.4 Å². The van der Waals surface area contributed by atoms with E-state index in [1.165, 1.54) is 18.2 Å². The van der Waals surface area contributed by atoms with Crippen molar-refractivity contribution in [3.8, 4) is 0 Å². The standard InChI is InChI=1S/C26H30FN5O3/c1-26(2)22-20(23(30-29-22)28-24(33)19-12-8-9-13-21(19)27)16-32(26)25(34)35-18(15-31(3)4)14-17-10-6-5-7-11-17/h5-13,18H,14-16H2,1-4H3,(H2,28,29,30,33)/t18-/m0/s1. The Labute approximate surface area is 204 Å². The number of carbonyl (C=O) groups excluding carboxylic acids is 2. The van der Waals surface area contributed by atoms with Gasteiger partial charge in [-0.3, -0.25) is 14.8 Å². The Morgan fingerprint density at radius 3 is 2.54 bits per heavy atom. The number of amides is 2. The molecule has 0 unspecified atom stereocenters. The van der Waals surface area contributed by atoms with Crippen LogP contribution in [0.4, 0.5) is 15.0 Å². The van der Waals surface area contributed by atoms with Gasteiger partial charge in [0.25, 0.3) is 5.91 Å². The maximum atomic E-state index is 14.0. The van der Waals surface area contributed by atoms with Crippen LogP contribution in [0.25, 0.3) is 0 Å². The van der Waals surface area contributed by atoms with Crippen LogP contribution in [-0.2, 0) is 23.2 Å². The van der Waals surface area contributed by atoms with E-state index in [0.717, 1.165) is 5.56 Å². The largest absolute Gasteiger partial charge is 0.444 e. The molecule has 184 valence electrons. The zero-order chi connectivity index (χ0) is 25.2. The lowest BCUT2D eigenvalue weighted by Crippen LogP contribution is -2.44. The monoisotopic (exact) mass is 479 g/mol. The quantitative estimate of drug-likeness (QED) is 0.531. The van der Waals surface area contributed by atoms with E-state index in [-0.39, 0.29) is 24.0 Å². The van der Waals surface area contributed by atoms with Gasteiger partial charge >= 0.3 is 6.09 Å². The molecule has 2 aromatic carbocycles. The van der Waals surface area contributed by atoms with Gasteiger partial charge < -0.3 is 15.0 Å². The maximum Gasteiger partial charge on any atom is 0.411 e. The van der Waals surface area contributed by atoms with Crippen LogP contribution in [0.2, 0.25) is 0 Å². The van der Waals surface area contributed by atoms with Crippen molar-refractivity contribution in [3.05, 3.63) is 82.8 Å². The Kier molecular flexibility index (Phi) is 6.88. The summed E-state index contributed by atoms with van der Waals surface area (Å²) in [5.74, 6) is -0.955. The van der Waals surface area contributed by atoms with Gasteiger partial charge in [-0.25, -0.2) is 9.18 Å². The molecule has 0 saturated carbocycles. The number of nitrogens with one attached hydrogen (secondary N) is 2. The number of benzene rings is 2. The van der Waals surface area contributed by atoms with Crippen molar-refractivity contribution in [2.45, 2.75) is 38.5 Å². The van der Waals surface area contributed by atoms with Crippen molar-refractivity contribution in [3.63, 3.8) is 0 Å². The molecule has 0 aliphatic carbocycles. The van der Waals surface area contributed by atoms with E-state index in [2.05, 4.69) is 15.5 Å². The van der Waals surface area contributed by atoms with Gasteiger partial charge in [0.1, 0.15) is 11.9 Å². The van der Waals surface area contributed by atoms with Crippen LogP contribution in [0, 0.1) is 5.82 Å². The second-order valence-corrected chi connectivity index (χ2v) is 9.46. The Bertz CT molecular complexity index is 1210. The first-order valence-corrected chi connectivity index (χ1v) is 11.5. The van der Waals surface area contributed by atoms with Crippen molar-refractivity contribution in [1.82, 2.24) is 20.0 Å². The minimum Gasteiger partial charge on any atom is -0.444 e. The molecule has 2 heterocycles. The fourth-order valence-electron chi connectivity index (χ4n) is 4.37. The molecule has 0 bridgehead atoms. The number of likely N-dealkylation sites (N-methyl/N-ethyl adjacent to an activating group) is 1. The molecule has 1 aliphatic heterocycles. The number of aromatic nitrogens is 2. The highest BCUT2D eigenvalue weighted by Gasteiger charge is 2.45. The minimum absolute atomic E-state index is 0.0785. The van der Waals surface area contributed by atoms with Crippen LogP contribution < -0.4 is 5.32 Å². The molecule has 35 heavy (non-hydrogen) atoms. The summed E-state index contributed by atoms with van der Waals surface area (Å²) in [6, 6.07) is 15.6. The van der Waals surface area contributed by atoms with Crippen LogP contribution in [0.5, 0.6) is 0 Å². The third kappa shape index (κ3) is 5.19. The van der Waals surface area contributed by atoms with Crippen molar-refractivity contribution in [2.24, 2.45) is 0 Å². The van der Waals surface area contributed by atoms with Crippen LogP contribution in [0.3, 0.4) is 0 Å². The van der Waals surface area contributed by atoms with Crippen LogP contribution in [-0.4, -0.2) is 58.7 Å². The van der Waals surface area contributed by atoms with Crippen LogP contribution in [0.15, 0.2) is 54.6 Å². The molecule has 9 heteroatoms. The normalized spacial score (nSPS) is 15.1. The molecule has 8 nitrogen and oxygen atoms in total. The number of ether oxygens (including phenoxy) is 1. The molecule has 2 N–H and O–H groups in total. The molecule has 0 radical (unpaired) electrons. The fraction of sp³-hybridized carbons (Fsp3) is 0.346. The van der Waals surface area contributed by atoms with E-state index in [4.69, 9.17) is 4.74 Å². The SMILES string of the molecule is CN(C)C[C@H](Cc1ccccc1)OC(=O)N1Cc2c(NC(=O)c3ccccc3F)n[nH]c2C1(C)C. The number of H-pyrrole nitrogens is 1. The number of rotatable bonds is 7. The van der Waals surface area contributed by atoms with Gasteiger partial charge in [-0.2, -0.15) is 5.10 Å². The molecule has 1 atom stereocenters. The lowest BCUT2D eigenvalue weighted by molar-refractivity contribution is 0.0268. The van der Waals surface area contributed by atoms with E-state index in [1.807, 2.05) is 63.2 Å². The van der Waals surface area contributed by atoms with Crippen molar-refractivity contribution < 1.29 is 18.7 Å². The van der Waals surface area contributed by atoms with Crippen molar-refractivity contribution in [1.29, 1.82) is 0 Å². The predicted molar refractivity (Wildman–Crippen MR) is 130 cm³/mol. The Balaban J connectivity index is 1.50. The second-order valence-electron chi connectivity index (χ2n) is 9.46. The van der Waals surface area contributed by atoms with E-state index in [9.17, 15) is 14.0 Å². The van der Waals surface area contributed by atoms with E-state index >= 15 is 0 Å². The maximum absolute atomic E-state index is 14.0. The lowest BCUT2D eigenvalue weighted by Gasteiger charge is -2.33. The van der Waals surface area contributed by atoms with Crippen molar-refractivity contribution in [2.75, 3.05) is 26.0 Å². The number of carbonyl (C=O) groups is 2. The molecule has 0 saturated heterocycles. The third-order valence-corrected chi connectivity index (χ3v) is 6.18. The number of aromatic amines is 1. The van der Waals surface area contributed by atoms with E-state index in [0.29, 0.717) is 24.2 Å². The molecule has 0 spiro atoms.